The Hall–Kier alpha value is -1.46. The smallest absolute Gasteiger partial charge is 0.230 e. The maximum Gasteiger partial charge on any atom is 0.230 e. The van der Waals surface area contributed by atoms with Gasteiger partial charge in [-0.05, 0) is 37.8 Å². The van der Waals surface area contributed by atoms with Crippen LogP contribution in [-0.4, -0.2) is 46.6 Å². The minimum atomic E-state index is -0.618. The van der Waals surface area contributed by atoms with Crippen molar-refractivity contribution in [3.63, 3.8) is 0 Å². The summed E-state index contributed by atoms with van der Waals surface area (Å²) in [5, 5.41) is 13.3. The second kappa shape index (κ2) is 5.73. The number of aliphatic hydroxyl groups excluding tert-OH is 1. The van der Waals surface area contributed by atoms with Crippen LogP contribution in [0.2, 0.25) is 0 Å². The molecule has 2 fully saturated rings. The Morgan fingerprint density at radius 2 is 2.43 bits per heavy atom. The highest BCUT2D eigenvalue weighted by Crippen LogP contribution is 2.37. The number of amides is 1. The Balaban J connectivity index is 1.77. The number of aromatic nitrogens is 1. The second-order valence-corrected chi connectivity index (χ2v) is 6.28. The lowest BCUT2D eigenvalue weighted by Gasteiger charge is -2.47. The number of piperidine rings is 2. The molecule has 0 unspecified atom stereocenters. The molecular formula is C16H23N3O2. The highest BCUT2D eigenvalue weighted by atomic mass is 16.3. The van der Waals surface area contributed by atoms with E-state index >= 15 is 0 Å². The van der Waals surface area contributed by atoms with Crippen LogP contribution in [0.4, 0.5) is 0 Å². The number of carbonyl (C=O) groups excluding carboxylic acids is 1. The SMILES string of the molecule is Cc1ncccc1CN1CC[C@@H](O)[C@@]2(CCCNC2=O)C1. The molecule has 5 heteroatoms. The summed E-state index contributed by atoms with van der Waals surface area (Å²) in [4.78, 5) is 18.9. The van der Waals surface area contributed by atoms with Crippen molar-refractivity contribution >= 4 is 5.91 Å². The average Bonchev–Trinajstić information content (AvgIpc) is 2.48. The fourth-order valence-corrected chi connectivity index (χ4v) is 3.59. The van der Waals surface area contributed by atoms with E-state index < -0.39 is 11.5 Å². The van der Waals surface area contributed by atoms with Crippen LogP contribution >= 0.6 is 0 Å². The molecule has 5 nitrogen and oxygen atoms in total. The van der Waals surface area contributed by atoms with Crippen molar-refractivity contribution in [3.8, 4) is 0 Å². The zero-order chi connectivity index (χ0) is 14.9. The van der Waals surface area contributed by atoms with Crippen LogP contribution in [0.1, 0.15) is 30.5 Å². The van der Waals surface area contributed by atoms with Gasteiger partial charge < -0.3 is 10.4 Å². The molecule has 1 aromatic rings. The van der Waals surface area contributed by atoms with Gasteiger partial charge >= 0.3 is 0 Å². The summed E-state index contributed by atoms with van der Waals surface area (Å²) >= 11 is 0. The van der Waals surface area contributed by atoms with Crippen LogP contribution in [0.15, 0.2) is 18.3 Å². The molecule has 21 heavy (non-hydrogen) atoms. The topological polar surface area (TPSA) is 65.5 Å². The molecule has 0 saturated carbocycles. The number of pyridine rings is 1. The number of rotatable bonds is 2. The molecule has 0 radical (unpaired) electrons. The molecule has 2 N–H and O–H groups in total. The van der Waals surface area contributed by atoms with Gasteiger partial charge in [0.2, 0.25) is 5.91 Å². The summed E-state index contributed by atoms with van der Waals surface area (Å²) in [5.41, 5.74) is 1.61. The lowest BCUT2D eigenvalue weighted by atomic mass is 9.71. The van der Waals surface area contributed by atoms with Crippen molar-refractivity contribution in [3.05, 3.63) is 29.6 Å². The van der Waals surface area contributed by atoms with E-state index in [9.17, 15) is 9.90 Å². The number of aryl methyl sites for hydroxylation is 1. The lowest BCUT2D eigenvalue weighted by Crippen LogP contribution is -2.61. The van der Waals surface area contributed by atoms with E-state index in [0.717, 1.165) is 38.2 Å². The van der Waals surface area contributed by atoms with Gasteiger partial charge in [0.25, 0.3) is 0 Å². The normalized spacial score (nSPS) is 30.4. The molecule has 114 valence electrons. The minimum absolute atomic E-state index is 0.0221. The van der Waals surface area contributed by atoms with Crippen LogP contribution < -0.4 is 5.32 Å². The first-order valence-corrected chi connectivity index (χ1v) is 7.71. The maximum atomic E-state index is 12.3. The Morgan fingerprint density at radius 3 is 3.19 bits per heavy atom. The number of nitrogens with one attached hydrogen (secondary N) is 1. The number of aliphatic hydroxyl groups is 1. The molecule has 2 atom stereocenters. The van der Waals surface area contributed by atoms with Crippen molar-refractivity contribution < 1.29 is 9.90 Å². The van der Waals surface area contributed by atoms with Crippen molar-refractivity contribution in [2.45, 2.75) is 38.8 Å². The lowest BCUT2D eigenvalue weighted by molar-refractivity contribution is -0.149. The van der Waals surface area contributed by atoms with Crippen LogP contribution in [0.25, 0.3) is 0 Å². The van der Waals surface area contributed by atoms with Gasteiger partial charge in [0.1, 0.15) is 0 Å². The number of likely N-dealkylation sites (tertiary alicyclic amines) is 1. The fourth-order valence-electron chi connectivity index (χ4n) is 3.59. The number of hydrogen-bond donors (Lipinski definition) is 2. The van der Waals surface area contributed by atoms with E-state index in [1.807, 2.05) is 13.0 Å². The predicted molar refractivity (Wildman–Crippen MR) is 79.6 cm³/mol. The van der Waals surface area contributed by atoms with E-state index in [4.69, 9.17) is 0 Å². The molecule has 3 rings (SSSR count). The van der Waals surface area contributed by atoms with Gasteiger partial charge in [0.05, 0.1) is 11.5 Å². The largest absolute Gasteiger partial charge is 0.392 e. The molecule has 0 aliphatic carbocycles. The maximum absolute atomic E-state index is 12.3. The molecule has 2 aliphatic rings. The number of hydrogen-bond acceptors (Lipinski definition) is 4. The van der Waals surface area contributed by atoms with E-state index in [1.54, 1.807) is 6.20 Å². The molecule has 0 aromatic carbocycles. The van der Waals surface area contributed by atoms with Crippen LogP contribution in [0.3, 0.4) is 0 Å². The van der Waals surface area contributed by atoms with E-state index in [1.165, 1.54) is 5.56 Å². The summed E-state index contributed by atoms with van der Waals surface area (Å²) < 4.78 is 0. The molecular weight excluding hydrogens is 266 g/mol. The minimum Gasteiger partial charge on any atom is -0.392 e. The first-order chi connectivity index (χ1) is 10.1. The third-order valence-corrected chi connectivity index (χ3v) is 4.91. The highest BCUT2D eigenvalue weighted by molar-refractivity contribution is 5.84. The number of carbonyl (C=O) groups is 1. The predicted octanol–water partition coefficient (Wildman–Crippen LogP) is 0.853. The molecule has 1 amide bonds. The van der Waals surface area contributed by atoms with Gasteiger partial charge in [-0.3, -0.25) is 14.7 Å². The van der Waals surface area contributed by atoms with Crippen molar-refractivity contribution in [1.29, 1.82) is 0 Å². The number of nitrogens with zero attached hydrogens (tertiary/aromatic N) is 2. The Morgan fingerprint density at radius 1 is 1.57 bits per heavy atom. The Bertz CT molecular complexity index is 534. The van der Waals surface area contributed by atoms with E-state index in [0.29, 0.717) is 13.0 Å². The van der Waals surface area contributed by atoms with Gasteiger partial charge in [0, 0.05) is 38.1 Å². The molecule has 3 heterocycles. The first kappa shape index (κ1) is 14.5. The summed E-state index contributed by atoms with van der Waals surface area (Å²) in [6, 6.07) is 4.03. The van der Waals surface area contributed by atoms with Crippen LogP contribution in [0, 0.1) is 12.3 Å². The van der Waals surface area contributed by atoms with Crippen molar-refractivity contribution in [2.75, 3.05) is 19.6 Å². The van der Waals surface area contributed by atoms with Gasteiger partial charge in [-0.25, -0.2) is 0 Å². The third kappa shape index (κ3) is 2.68. The molecule has 1 spiro atoms. The summed E-state index contributed by atoms with van der Waals surface area (Å²) in [7, 11) is 0. The Labute approximate surface area is 125 Å². The van der Waals surface area contributed by atoms with Crippen molar-refractivity contribution in [2.24, 2.45) is 5.41 Å². The zero-order valence-corrected chi connectivity index (χ0v) is 12.5. The molecule has 0 bridgehead atoms. The highest BCUT2D eigenvalue weighted by Gasteiger charge is 2.49. The average molecular weight is 289 g/mol. The van der Waals surface area contributed by atoms with Crippen molar-refractivity contribution in [1.82, 2.24) is 15.2 Å². The summed E-state index contributed by atoms with van der Waals surface area (Å²) in [5.74, 6) is 0.0221. The van der Waals surface area contributed by atoms with Crippen LogP contribution in [-0.2, 0) is 11.3 Å². The van der Waals surface area contributed by atoms with Gasteiger partial charge in [-0.15, -0.1) is 0 Å². The third-order valence-electron chi connectivity index (χ3n) is 4.91. The molecule has 2 saturated heterocycles. The van der Waals surface area contributed by atoms with Gasteiger partial charge in [-0.1, -0.05) is 6.07 Å². The summed E-state index contributed by atoms with van der Waals surface area (Å²) in [6.45, 7) is 4.99. The zero-order valence-electron chi connectivity index (χ0n) is 12.5. The van der Waals surface area contributed by atoms with E-state index in [-0.39, 0.29) is 5.91 Å². The first-order valence-electron chi connectivity index (χ1n) is 7.71. The Kier molecular flexibility index (Phi) is 3.95. The van der Waals surface area contributed by atoms with Crippen LogP contribution in [0.5, 0.6) is 0 Å². The monoisotopic (exact) mass is 289 g/mol. The molecule has 1 aromatic heterocycles. The quantitative estimate of drug-likeness (QED) is 0.847. The standard InChI is InChI=1S/C16H23N3O2/c1-12-13(4-2-7-17-12)10-19-9-5-14(20)16(11-19)6-3-8-18-15(16)21/h2,4,7,14,20H,3,5-6,8-11H2,1H3,(H,18,21)/t14-,16-/m1/s1. The fraction of sp³-hybridized carbons (Fsp3) is 0.625. The van der Waals surface area contributed by atoms with E-state index in [2.05, 4.69) is 21.3 Å². The van der Waals surface area contributed by atoms with Gasteiger partial charge in [0.15, 0.2) is 0 Å². The summed E-state index contributed by atoms with van der Waals surface area (Å²) in [6.07, 6.45) is 3.66. The second-order valence-electron chi connectivity index (χ2n) is 6.28. The molecule has 2 aliphatic heterocycles. The van der Waals surface area contributed by atoms with Gasteiger partial charge in [-0.2, -0.15) is 0 Å².